The highest BCUT2D eigenvalue weighted by atomic mass is 16.3. The van der Waals surface area contributed by atoms with Gasteiger partial charge in [0.25, 0.3) is 0 Å². The molecule has 4 N–H and O–H groups in total. The van der Waals surface area contributed by atoms with E-state index in [0.29, 0.717) is 61.6 Å². The number of phenols is 4. The van der Waals surface area contributed by atoms with Crippen LogP contribution in [0.15, 0.2) is 117 Å². The maximum Gasteiger partial charge on any atom is 0.137 e. The van der Waals surface area contributed by atoms with Gasteiger partial charge in [0.2, 0.25) is 0 Å². The lowest BCUT2D eigenvalue weighted by molar-refractivity contribution is 0.445. The SMILES string of the molecule is Oc1ccc(O)c2c(O)c3c(c(O)c12)C(=NCCN=Cc1cccc2ccccc12)CCC3=NCCN=Cc1cccc2ccccc12. The number of aromatic hydroxyl groups is 4. The van der Waals surface area contributed by atoms with Crippen molar-refractivity contribution >= 4 is 56.2 Å². The summed E-state index contributed by atoms with van der Waals surface area (Å²) in [4.78, 5) is 18.8. The van der Waals surface area contributed by atoms with Gasteiger partial charge in [-0.25, -0.2) is 0 Å². The normalized spacial score (nSPS) is 15.1. The molecule has 0 aromatic heterocycles. The van der Waals surface area contributed by atoms with E-state index >= 15 is 0 Å². The fourth-order valence-corrected chi connectivity index (χ4v) is 6.45. The van der Waals surface area contributed by atoms with Crippen LogP contribution in [-0.4, -0.2) is 70.5 Å². The number of fused-ring (bicyclic) bond motifs is 4. The van der Waals surface area contributed by atoms with Gasteiger partial charge in [0.1, 0.15) is 23.0 Å². The van der Waals surface area contributed by atoms with Crippen molar-refractivity contribution in [2.45, 2.75) is 12.8 Å². The predicted octanol–water partition coefficient (Wildman–Crippen LogP) is 7.58. The van der Waals surface area contributed by atoms with E-state index in [4.69, 9.17) is 9.98 Å². The van der Waals surface area contributed by atoms with E-state index in [2.05, 4.69) is 46.4 Å². The Morgan fingerprint density at radius 2 is 0.896 bits per heavy atom. The molecule has 6 aromatic rings. The van der Waals surface area contributed by atoms with E-state index in [1.807, 2.05) is 61.0 Å². The zero-order valence-electron chi connectivity index (χ0n) is 26.2. The van der Waals surface area contributed by atoms with E-state index in [9.17, 15) is 20.4 Å². The minimum absolute atomic E-state index is 0.0335. The number of nitrogens with zero attached hydrogens (tertiary/aromatic N) is 4. The molecule has 1 aliphatic rings. The number of phenolic OH excluding ortho intramolecular Hbond substituents is 4. The zero-order chi connectivity index (χ0) is 33.0. The number of hydrogen-bond acceptors (Lipinski definition) is 8. The first-order chi connectivity index (χ1) is 23.5. The molecule has 0 atom stereocenters. The van der Waals surface area contributed by atoms with Crippen LogP contribution in [0, 0.1) is 0 Å². The molecule has 0 amide bonds. The monoisotopic (exact) mass is 634 g/mol. The highest BCUT2D eigenvalue weighted by molar-refractivity contribution is 6.25. The lowest BCUT2D eigenvalue weighted by Gasteiger charge is -2.24. The Morgan fingerprint density at radius 3 is 1.35 bits per heavy atom. The summed E-state index contributed by atoms with van der Waals surface area (Å²) in [6.45, 7) is 1.56. The van der Waals surface area contributed by atoms with E-state index in [1.54, 1.807) is 0 Å². The van der Waals surface area contributed by atoms with Gasteiger partial charge in [-0.3, -0.25) is 20.0 Å². The quantitative estimate of drug-likeness (QED) is 0.0781. The molecule has 0 aliphatic heterocycles. The number of hydrogen-bond donors (Lipinski definition) is 4. The number of aliphatic imine (C=N–C) groups is 4. The molecule has 0 saturated heterocycles. The molecule has 0 radical (unpaired) electrons. The molecule has 0 unspecified atom stereocenters. The maximum atomic E-state index is 11.5. The second kappa shape index (κ2) is 13.4. The summed E-state index contributed by atoms with van der Waals surface area (Å²) in [7, 11) is 0. The average molecular weight is 635 g/mol. The van der Waals surface area contributed by atoms with E-state index in [0.717, 1.165) is 32.7 Å². The highest BCUT2D eigenvalue weighted by Crippen LogP contribution is 2.49. The van der Waals surface area contributed by atoms with Crippen molar-refractivity contribution in [2.75, 3.05) is 26.2 Å². The van der Waals surface area contributed by atoms with Crippen LogP contribution in [0.25, 0.3) is 32.3 Å². The summed E-state index contributed by atoms with van der Waals surface area (Å²) in [6.07, 6.45) is 4.64. The average Bonchev–Trinajstić information content (AvgIpc) is 3.11. The third-order valence-corrected chi connectivity index (χ3v) is 8.71. The first-order valence-electron chi connectivity index (χ1n) is 16.0. The van der Waals surface area contributed by atoms with Crippen LogP contribution in [0.4, 0.5) is 0 Å². The van der Waals surface area contributed by atoms with Crippen LogP contribution in [0.3, 0.4) is 0 Å². The van der Waals surface area contributed by atoms with Crippen molar-refractivity contribution in [1.29, 1.82) is 0 Å². The Labute approximate surface area is 277 Å². The molecule has 8 nitrogen and oxygen atoms in total. The summed E-state index contributed by atoms with van der Waals surface area (Å²) in [5, 5.41) is 48.8. The first kappa shape index (κ1) is 30.6. The van der Waals surface area contributed by atoms with E-state index in [1.165, 1.54) is 12.1 Å². The molecule has 7 rings (SSSR count). The Morgan fingerprint density at radius 1 is 0.479 bits per heavy atom. The minimum atomic E-state index is -0.260. The summed E-state index contributed by atoms with van der Waals surface area (Å²) >= 11 is 0. The van der Waals surface area contributed by atoms with Crippen molar-refractivity contribution in [1.82, 2.24) is 0 Å². The molecule has 0 saturated carbocycles. The summed E-state index contributed by atoms with van der Waals surface area (Å²) in [6, 6.07) is 31.1. The smallest absolute Gasteiger partial charge is 0.137 e. The van der Waals surface area contributed by atoms with E-state index in [-0.39, 0.29) is 33.8 Å². The largest absolute Gasteiger partial charge is 0.507 e. The lowest BCUT2D eigenvalue weighted by Crippen LogP contribution is -2.20. The van der Waals surface area contributed by atoms with Crippen LogP contribution >= 0.6 is 0 Å². The van der Waals surface area contributed by atoms with Gasteiger partial charge in [0, 0.05) is 35.0 Å². The van der Waals surface area contributed by atoms with E-state index < -0.39 is 0 Å². The second-order valence-electron chi connectivity index (χ2n) is 11.7. The maximum absolute atomic E-state index is 11.5. The number of rotatable bonds is 8. The van der Waals surface area contributed by atoms with Gasteiger partial charge in [-0.15, -0.1) is 0 Å². The summed E-state index contributed by atoms with van der Waals surface area (Å²) < 4.78 is 0. The molecule has 8 heteroatoms. The van der Waals surface area contributed by atoms with Crippen molar-refractivity contribution in [2.24, 2.45) is 20.0 Å². The molecule has 48 heavy (non-hydrogen) atoms. The van der Waals surface area contributed by atoms with Gasteiger partial charge in [0.05, 0.1) is 48.1 Å². The zero-order valence-corrected chi connectivity index (χ0v) is 26.2. The van der Waals surface area contributed by atoms with Gasteiger partial charge in [-0.05, 0) is 46.5 Å². The molecular weight excluding hydrogens is 600 g/mol. The first-order valence-corrected chi connectivity index (χ1v) is 16.0. The van der Waals surface area contributed by atoms with Crippen LogP contribution < -0.4 is 0 Å². The molecule has 238 valence electrons. The Bertz CT molecular complexity index is 2130. The fraction of sp³-hybridized carbons (Fsp3) is 0.150. The predicted molar refractivity (Wildman–Crippen MR) is 195 cm³/mol. The van der Waals surface area contributed by atoms with Gasteiger partial charge >= 0.3 is 0 Å². The summed E-state index contributed by atoms with van der Waals surface area (Å²) in [5.74, 6) is -1.04. The van der Waals surface area contributed by atoms with Gasteiger partial charge in [-0.2, -0.15) is 0 Å². The van der Waals surface area contributed by atoms with Crippen LogP contribution in [0.2, 0.25) is 0 Å². The lowest BCUT2D eigenvalue weighted by atomic mass is 9.84. The van der Waals surface area contributed by atoms with Crippen molar-refractivity contribution in [3.05, 3.63) is 119 Å². The molecule has 0 bridgehead atoms. The van der Waals surface area contributed by atoms with Gasteiger partial charge in [-0.1, -0.05) is 84.9 Å². The summed E-state index contributed by atoms with van der Waals surface area (Å²) in [5.41, 5.74) is 3.82. The van der Waals surface area contributed by atoms with Gasteiger partial charge in [0.15, 0.2) is 0 Å². The Hall–Kier alpha value is -6.02. The molecule has 6 aromatic carbocycles. The number of benzene rings is 6. The molecule has 1 aliphatic carbocycles. The Balaban J connectivity index is 1.16. The van der Waals surface area contributed by atoms with Crippen molar-refractivity contribution in [3.63, 3.8) is 0 Å². The third-order valence-electron chi connectivity index (χ3n) is 8.71. The van der Waals surface area contributed by atoms with Crippen LogP contribution in [-0.2, 0) is 0 Å². The minimum Gasteiger partial charge on any atom is -0.507 e. The highest BCUT2D eigenvalue weighted by Gasteiger charge is 2.31. The van der Waals surface area contributed by atoms with Crippen LogP contribution in [0.1, 0.15) is 35.1 Å². The Kier molecular flexibility index (Phi) is 8.53. The topological polar surface area (TPSA) is 130 Å². The molecule has 0 fully saturated rings. The standard InChI is InChI=1S/C40H34N4O4/c45-33-17-18-34(46)38-37(33)39(47)35-31(43-21-19-41-23-27-11-5-9-25-7-1-3-13-29(25)27)15-16-32(36(35)40(38)48)44-22-20-42-24-28-12-6-10-26-8-2-4-14-30(26)28/h1-14,17-18,23-24,45-48H,15-16,19-22H2. The molecule has 0 heterocycles. The van der Waals surface area contributed by atoms with Crippen molar-refractivity contribution < 1.29 is 20.4 Å². The third kappa shape index (κ3) is 5.84. The molecular formula is C40H34N4O4. The fourth-order valence-electron chi connectivity index (χ4n) is 6.45. The van der Waals surface area contributed by atoms with Gasteiger partial charge < -0.3 is 20.4 Å². The van der Waals surface area contributed by atoms with Crippen LogP contribution in [0.5, 0.6) is 23.0 Å². The van der Waals surface area contributed by atoms with Crippen molar-refractivity contribution in [3.8, 4) is 23.0 Å². The molecule has 0 spiro atoms. The second-order valence-corrected chi connectivity index (χ2v) is 11.7.